The highest BCUT2D eigenvalue weighted by Crippen LogP contribution is 2.19. The summed E-state index contributed by atoms with van der Waals surface area (Å²) in [4.78, 5) is 13.1. The Bertz CT molecular complexity index is 525. The number of thiazole rings is 1. The summed E-state index contributed by atoms with van der Waals surface area (Å²) in [6, 6.07) is 0.767. The Kier molecular flexibility index (Phi) is 7.99. The molecular weight excluding hydrogens is 318 g/mol. The number of piperidine rings is 1. The van der Waals surface area contributed by atoms with Gasteiger partial charge in [0.05, 0.1) is 17.2 Å². The van der Waals surface area contributed by atoms with Gasteiger partial charge in [-0.05, 0) is 46.6 Å². The first-order chi connectivity index (χ1) is 11.6. The molecule has 2 rings (SSSR count). The lowest BCUT2D eigenvalue weighted by Crippen LogP contribution is -2.45. The average molecular weight is 352 g/mol. The van der Waals surface area contributed by atoms with E-state index in [9.17, 15) is 0 Å². The van der Waals surface area contributed by atoms with Gasteiger partial charge in [0.1, 0.15) is 0 Å². The fourth-order valence-corrected chi connectivity index (χ4v) is 4.21. The third-order valence-corrected chi connectivity index (χ3v) is 5.69. The second-order valence-electron chi connectivity index (χ2n) is 6.46. The Morgan fingerprint density at radius 3 is 2.79 bits per heavy atom. The Labute approximate surface area is 151 Å². The van der Waals surface area contributed by atoms with Crippen LogP contribution in [0, 0.1) is 13.8 Å². The molecule has 1 unspecified atom stereocenters. The molecule has 0 aliphatic carbocycles. The minimum absolute atomic E-state index is 0.702. The van der Waals surface area contributed by atoms with Crippen molar-refractivity contribution < 1.29 is 0 Å². The van der Waals surface area contributed by atoms with Gasteiger partial charge >= 0.3 is 0 Å². The van der Waals surface area contributed by atoms with Crippen molar-refractivity contribution in [3.8, 4) is 0 Å². The molecule has 6 heteroatoms. The molecule has 5 nitrogen and oxygen atoms in total. The van der Waals surface area contributed by atoms with Gasteiger partial charge in [0.25, 0.3) is 0 Å². The maximum absolute atomic E-state index is 4.73. The molecule has 2 N–H and O–H groups in total. The molecule has 0 radical (unpaired) electrons. The zero-order valence-corrected chi connectivity index (χ0v) is 16.5. The summed E-state index contributed by atoms with van der Waals surface area (Å²) in [5, 5.41) is 7.95. The van der Waals surface area contributed by atoms with Gasteiger partial charge in [-0.15, -0.1) is 11.3 Å². The van der Waals surface area contributed by atoms with Gasteiger partial charge in [0, 0.05) is 30.6 Å². The SMILES string of the molecule is CCNC(=NCc1sc(C)nc1C)NCCN1CCCCC1CC. The lowest BCUT2D eigenvalue weighted by Gasteiger charge is -2.35. The molecule has 1 aromatic rings. The van der Waals surface area contributed by atoms with E-state index in [1.807, 2.05) is 0 Å². The second kappa shape index (κ2) is 9.99. The van der Waals surface area contributed by atoms with Crippen LogP contribution in [-0.2, 0) is 6.54 Å². The van der Waals surface area contributed by atoms with Crippen LogP contribution in [0.2, 0.25) is 0 Å². The first kappa shape index (κ1) is 19.2. The van der Waals surface area contributed by atoms with Crippen molar-refractivity contribution >= 4 is 17.3 Å². The molecule has 1 aromatic heterocycles. The minimum atomic E-state index is 0.702. The van der Waals surface area contributed by atoms with Crippen LogP contribution in [0.25, 0.3) is 0 Å². The van der Waals surface area contributed by atoms with Crippen LogP contribution in [-0.4, -0.2) is 48.1 Å². The number of aryl methyl sites for hydroxylation is 2. The molecule has 1 atom stereocenters. The number of hydrogen-bond acceptors (Lipinski definition) is 4. The van der Waals surface area contributed by atoms with Crippen molar-refractivity contribution in [3.63, 3.8) is 0 Å². The Hall–Kier alpha value is -1.14. The largest absolute Gasteiger partial charge is 0.357 e. The summed E-state index contributed by atoms with van der Waals surface area (Å²) in [6.07, 6.45) is 5.35. The van der Waals surface area contributed by atoms with Gasteiger partial charge in [-0.1, -0.05) is 13.3 Å². The van der Waals surface area contributed by atoms with Crippen molar-refractivity contribution in [1.82, 2.24) is 20.5 Å². The first-order valence-corrected chi connectivity index (χ1v) is 10.1. The average Bonchev–Trinajstić information content (AvgIpc) is 2.90. The number of rotatable bonds is 7. The highest BCUT2D eigenvalue weighted by atomic mass is 32.1. The van der Waals surface area contributed by atoms with Crippen LogP contribution in [0.3, 0.4) is 0 Å². The third kappa shape index (κ3) is 5.74. The molecule has 24 heavy (non-hydrogen) atoms. The number of nitrogens with one attached hydrogen (secondary N) is 2. The van der Waals surface area contributed by atoms with Crippen LogP contribution in [0.15, 0.2) is 4.99 Å². The van der Waals surface area contributed by atoms with Crippen LogP contribution < -0.4 is 10.6 Å². The van der Waals surface area contributed by atoms with Crippen LogP contribution in [0.4, 0.5) is 0 Å². The summed E-state index contributed by atoms with van der Waals surface area (Å²) < 4.78 is 0. The maximum Gasteiger partial charge on any atom is 0.191 e. The number of hydrogen-bond donors (Lipinski definition) is 2. The van der Waals surface area contributed by atoms with E-state index in [0.29, 0.717) is 6.54 Å². The molecule has 0 aromatic carbocycles. The second-order valence-corrected chi connectivity index (χ2v) is 7.74. The fraction of sp³-hybridized carbons (Fsp3) is 0.778. The Balaban J connectivity index is 1.84. The number of nitrogens with zero attached hydrogens (tertiary/aromatic N) is 3. The molecule has 1 fully saturated rings. The molecule has 0 bridgehead atoms. The van der Waals surface area contributed by atoms with Gasteiger partial charge in [-0.3, -0.25) is 4.90 Å². The molecule has 0 amide bonds. The van der Waals surface area contributed by atoms with Gasteiger partial charge in [-0.25, -0.2) is 9.98 Å². The van der Waals surface area contributed by atoms with E-state index in [2.05, 4.69) is 48.2 Å². The molecular formula is C18H33N5S. The zero-order valence-electron chi connectivity index (χ0n) is 15.7. The predicted octanol–water partition coefficient (Wildman–Crippen LogP) is 3.08. The fourth-order valence-electron chi connectivity index (χ4n) is 3.35. The zero-order chi connectivity index (χ0) is 17.4. The normalized spacial score (nSPS) is 19.5. The number of likely N-dealkylation sites (tertiary alicyclic amines) is 1. The van der Waals surface area contributed by atoms with Gasteiger partial charge in [0.15, 0.2) is 5.96 Å². The number of aliphatic imine (C=N–C) groups is 1. The van der Waals surface area contributed by atoms with E-state index in [1.165, 1.54) is 37.1 Å². The molecule has 1 aliphatic heterocycles. The topological polar surface area (TPSA) is 52.6 Å². The molecule has 136 valence electrons. The van der Waals surface area contributed by atoms with Gasteiger partial charge in [-0.2, -0.15) is 0 Å². The first-order valence-electron chi connectivity index (χ1n) is 9.33. The van der Waals surface area contributed by atoms with E-state index in [-0.39, 0.29) is 0 Å². The standard InChI is InChI=1S/C18H33N5S/c1-5-16-9-7-8-11-23(16)12-10-20-18(19-6-2)21-13-17-14(3)22-15(4)24-17/h16H,5-13H2,1-4H3,(H2,19,20,21). The third-order valence-electron chi connectivity index (χ3n) is 4.64. The smallest absolute Gasteiger partial charge is 0.191 e. The summed E-state index contributed by atoms with van der Waals surface area (Å²) in [5.74, 6) is 0.910. The molecule has 0 spiro atoms. The van der Waals surface area contributed by atoms with Crippen molar-refractivity contribution in [2.75, 3.05) is 26.2 Å². The highest BCUT2D eigenvalue weighted by Gasteiger charge is 2.19. The molecule has 1 saturated heterocycles. The molecule has 0 saturated carbocycles. The van der Waals surface area contributed by atoms with Crippen molar-refractivity contribution in [2.45, 2.75) is 66.0 Å². The summed E-state index contributed by atoms with van der Waals surface area (Å²) in [6.45, 7) is 13.4. The molecule has 2 heterocycles. The summed E-state index contributed by atoms with van der Waals surface area (Å²) in [5.41, 5.74) is 1.11. The lowest BCUT2D eigenvalue weighted by atomic mass is 10.0. The maximum atomic E-state index is 4.73. The van der Waals surface area contributed by atoms with E-state index < -0.39 is 0 Å². The monoisotopic (exact) mass is 351 g/mol. The van der Waals surface area contributed by atoms with Crippen LogP contribution >= 0.6 is 11.3 Å². The highest BCUT2D eigenvalue weighted by molar-refractivity contribution is 7.11. The minimum Gasteiger partial charge on any atom is -0.357 e. The molecule has 1 aliphatic rings. The lowest BCUT2D eigenvalue weighted by molar-refractivity contribution is 0.147. The quantitative estimate of drug-likeness (QED) is 0.585. The van der Waals surface area contributed by atoms with Crippen LogP contribution in [0.1, 0.15) is 55.1 Å². The number of guanidine groups is 1. The summed E-state index contributed by atoms with van der Waals surface area (Å²) >= 11 is 1.74. The van der Waals surface area contributed by atoms with Crippen LogP contribution in [0.5, 0.6) is 0 Å². The van der Waals surface area contributed by atoms with Gasteiger partial charge in [0.2, 0.25) is 0 Å². The van der Waals surface area contributed by atoms with Crippen molar-refractivity contribution in [3.05, 3.63) is 15.6 Å². The van der Waals surface area contributed by atoms with E-state index >= 15 is 0 Å². The van der Waals surface area contributed by atoms with E-state index in [1.54, 1.807) is 11.3 Å². The summed E-state index contributed by atoms with van der Waals surface area (Å²) in [7, 11) is 0. The number of aromatic nitrogens is 1. The Morgan fingerprint density at radius 2 is 2.12 bits per heavy atom. The van der Waals surface area contributed by atoms with E-state index in [0.717, 1.165) is 42.3 Å². The Morgan fingerprint density at radius 1 is 1.29 bits per heavy atom. The van der Waals surface area contributed by atoms with Crippen molar-refractivity contribution in [2.24, 2.45) is 4.99 Å². The van der Waals surface area contributed by atoms with Gasteiger partial charge < -0.3 is 10.6 Å². The van der Waals surface area contributed by atoms with Crippen molar-refractivity contribution in [1.29, 1.82) is 0 Å². The predicted molar refractivity (Wildman–Crippen MR) is 104 cm³/mol. The van der Waals surface area contributed by atoms with E-state index in [4.69, 9.17) is 4.99 Å².